The lowest BCUT2D eigenvalue weighted by atomic mass is 10.1. The van der Waals surface area contributed by atoms with Crippen LogP contribution in [0.2, 0.25) is 0 Å². The van der Waals surface area contributed by atoms with Crippen molar-refractivity contribution in [2.45, 2.75) is 39.5 Å². The van der Waals surface area contributed by atoms with E-state index < -0.39 is 0 Å². The van der Waals surface area contributed by atoms with E-state index in [1.165, 1.54) is 0 Å². The van der Waals surface area contributed by atoms with Crippen molar-refractivity contribution in [1.82, 2.24) is 5.32 Å². The fraction of sp³-hybridized carbons (Fsp3) is 1.00. The summed E-state index contributed by atoms with van der Waals surface area (Å²) >= 11 is 0. The Morgan fingerprint density at radius 1 is 1.50 bits per heavy atom. The van der Waals surface area contributed by atoms with Crippen LogP contribution in [0.25, 0.3) is 0 Å². The van der Waals surface area contributed by atoms with E-state index in [1.54, 1.807) is 0 Å². The fourth-order valence-corrected chi connectivity index (χ4v) is 1.19. The molecular weight excluding hydrogens is 126 g/mol. The Balaban J connectivity index is 2.43. The molecule has 1 heterocycles. The van der Waals surface area contributed by atoms with E-state index in [0.29, 0.717) is 12.0 Å². The standard InChI is InChI=1S/C8H17NO/c1-6(2)7-5-10-8(3,4)9-7/h6-7,9H,5H2,1-4H3/t7-/m0/s1. The predicted molar refractivity (Wildman–Crippen MR) is 41.8 cm³/mol. The summed E-state index contributed by atoms with van der Waals surface area (Å²) in [5.74, 6) is 0.668. The average Bonchev–Trinajstić information content (AvgIpc) is 2.10. The molecule has 0 unspecified atom stereocenters. The Kier molecular flexibility index (Phi) is 2.02. The van der Waals surface area contributed by atoms with Gasteiger partial charge in [-0.3, -0.25) is 5.32 Å². The van der Waals surface area contributed by atoms with Crippen molar-refractivity contribution in [2.24, 2.45) is 5.92 Å². The highest BCUT2D eigenvalue weighted by molar-refractivity contribution is 4.83. The minimum Gasteiger partial charge on any atom is -0.360 e. The lowest BCUT2D eigenvalue weighted by Gasteiger charge is -2.19. The molecule has 0 radical (unpaired) electrons. The minimum absolute atomic E-state index is 0.102. The Hall–Kier alpha value is -0.0800. The lowest BCUT2D eigenvalue weighted by Crippen LogP contribution is -2.40. The number of rotatable bonds is 1. The third-order valence-corrected chi connectivity index (χ3v) is 1.96. The largest absolute Gasteiger partial charge is 0.360 e. The van der Waals surface area contributed by atoms with Gasteiger partial charge in [0.2, 0.25) is 0 Å². The van der Waals surface area contributed by atoms with Crippen LogP contribution in [0.1, 0.15) is 27.7 Å². The Morgan fingerprint density at radius 2 is 2.10 bits per heavy atom. The van der Waals surface area contributed by atoms with Gasteiger partial charge in [-0.05, 0) is 19.8 Å². The van der Waals surface area contributed by atoms with Crippen molar-refractivity contribution in [3.8, 4) is 0 Å². The molecule has 1 atom stereocenters. The summed E-state index contributed by atoms with van der Waals surface area (Å²) < 4.78 is 5.50. The number of hydrogen-bond donors (Lipinski definition) is 1. The van der Waals surface area contributed by atoms with Gasteiger partial charge in [0.1, 0.15) is 5.72 Å². The summed E-state index contributed by atoms with van der Waals surface area (Å²) in [6.45, 7) is 9.40. The zero-order valence-corrected chi connectivity index (χ0v) is 7.27. The van der Waals surface area contributed by atoms with Gasteiger partial charge in [0.15, 0.2) is 0 Å². The first kappa shape index (κ1) is 8.02. The molecular formula is C8H17NO. The second kappa shape index (κ2) is 2.51. The van der Waals surface area contributed by atoms with Crippen LogP contribution in [-0.2, 0) is 4.74 Å². The van der Waals surface area contributed by atoms with Crippen molar-refractivity contribution in [1.29, 1.82) is 0 Å². The third kappa shape index (κ3) is 1.70. The maximum Gasteiger partial charge on any atom is 0.113 e. The lowest BCUT2D eigenvalue weighted by molar-refractivity contribution is 0.0230. The summed E-state index contributed by atoms with van der Waals surface area (Å²) in [4.78, 5) is 0. The van der Waals surface area contributed by atoms with Gasteiger partial charge < -0.3 is 4.74 Å². The molecule has 0 amide bonds. The van der Waals surface area contributed by atoms with Crippen LogP contribution in [0.5, 0.6) is 0 Å². The van der Waals surface area contributed by atoms with Crippen LogP contribution in [0, 0.1) is 5.92 Å². The molecule has 0 bridgehead atoms. The number of nitrogens with one attached hydrogen (secondary N) is 1. The van der Waals surface area contributed by atoms with Crippen LogP contribution in [-0.4, -0.2) is 18.4 Å². The van der Waals surface area contributed by atoms with Crippen molar-refractivity contribution in [2.75, 3.05) is 6.61 Å². The molecule has 1 saturated heterocycles. The number of hydrogen-bond acceptors (Lipinski definition) is 2. The minimum atomic E-state index is -0.102. The summed E-state index contributed by atoms with van der Waals surface area (Å²) in [5.41, 5.74) is -0.102. The molecule has 0 saturated carbocycles. The van der Waals surface area contributed by atoms with Crippen LogP contribution in [0.15, 0.2) is 0 Å². The summed E-state index contributed by atoms with van der Waals surface area (Å²) in [6, 6.07) is 0.537. The fourth-order valence-electron chi connectivity index (χ4n) is 1.19. The van der Waals surface area contributed by atoms with Gasteiger partial charge in [-0.15, -0.1) is 0 Å². The van der Waals surface area contributed by atoms with E-state index in [4.69, 9.17) is 4.74 Å². The maximum atomic E-state index is 5.50. The first-order valence-electron chi connectivity index (χ1n) is 3.93. The zero-order chi connectivity index (χ0) is 7.78. The van der Waals surface area contributed by atoms with Gasteiger partial charge in [0.05, 0.1) is 6.61 Å². The number of ether oxygens (including phenoxy) is 1. The second-order valence-corrected chi connectivity index (χ2v) is 3.82. The van der Waals surface area contributed by atoms with Crippen molar-refractivity contribution >= 4 is 0 Å². The molecule has 0 aliphatic carbocycles. The summed E-state index contributed by atoms with van der Waals surface area (Å²) in [6.07, 6.45) is 0. The molecule has 1 rings (SSSR count). The maximum absolute atomic E-state index is 5.50. The first-order valence-corrected chi connectivity index (χ1v) is 3.93. The molecule has 0 aromatic carbocycles. The van der Waals surface area contributed by atoms with E-state index in [0.717, 1.165) is 6.61 Å². The SMILES string of the molecule is CC(C)[C@@H]1COC(C)(C)N1. The van der Waals surface area contributed by atoms with E-state index in [2.05, 4.69) is 33.0 Å². The molecule has 0 aromatic rings. The molecule has 1 aliphatic rings. The van der Waals surface area contributed by atoms with Gasteiger partial charge in [-0.25, -0.2) is 0 Å². The molecule has 1 aliphatic heterocycles. The molecule has 10 heavy (non-hydrogen) atoms. The van der Waals surface area contributed by atoms with E-state index in [1.807, 2.05) is 0 Å². The van der Waals surface area contributed by atoms with Crippen molar-refractivity contribution < 1.29 is 4.74 Å². The Labute approximate surface area is 63.0 Å². The van der Waals surface area contributed by atoms with E-state index in [9.17, 15) is 0 Å². The van der Waals surface area contributed by atoms with E-state index in [-0.39, 0.29) is 5.72 Å². The summed E-state index contributed by atoms with van der Waals surface area (Å²) in [7, 11) is 0. The molecule has 2 heteroatoms. The quantitative estimate of drug-likeness (QED) is 0.598. The van der Waals surface area contributed by atoms with Crippen LogP contribution in [0.4, 0.5) is 0 Å². The molecule has 1 fully saturated rings. The van der Waals surface area contributed by atoms with Crippen LogP contribution >= 0.6 is 0 Å². The molecule has 2 nitrogen and oxygen atoms in total. The zero-order valence-electron chi connectivity index (χ0n) is 7.27. The van der Waals surface area contributed by atoms with Gasteiger partial charge in [0, 0.05) is 6.04 Å². The highest BCUT2D eigenvalue weighted by Crippen LogP contribution is 2.18. The second-order valence-electron chi connectivity index (χ2n) is 3.82. The summed E-state index contributed by atoms with van der Waals surface area (Å²) in [5, 5.41) is 3.41. The Bertz CT molecular complexity index is 120. The topological polar surface area (TPSA) is 21.3 Å². The monoisotopic (exact) mass is 143 g/mol. The van der Waals surface area contributed by atoms with Crippen LogP contribution in [0.3, 0.4) is 0 Å². The van der Waals surface area contributed by atoms with Gasteiger partial charge >= 0.3 is 0 Å². The molecule has 60 valence electrons. The normalized spacial score (nSPS) is 31.5. The highest BCUT2D eigenvalue weighted by atomic mass is 16.5. The van der Waals surface area contributed by atoms with E-state index >= 15 is 0 Å². The van der Waals surface area contributed by atoms with Crippen molar-refractivity contribution in [3.63, 3.8) is 0 Å². The van der Waals surface area contributed by atoms with Gasteiger partial charge in [-0.1, -0.05) is 13.8 Å². The van der Waals surface area contributed by atoms with Crippen molar-refractivity contribution in [3.05, 3.63) is 0 Å². The van der Waals surface area contributed by atoms with Gasteiger partial charge in [-0.2, -0.15) is 0 Å². The predicted octanol–water partition coefficient (Wildman–Crippen LogP) is 1.37. The highest BCUT2D eigenvalue weighted by Gasteiger charge is 2.31. The van der Waals surface area contributed by atoms with Gasteiger partial charge in [0.25, 0.3) is 0 Å². The smallest absolute Gasteiger partial charge is 0.113 e. The molecule has 0 aromatic heterocycles. The molecule has 0 spiro atoms. The third-order valence-electron chi connectivity index (χ3n) is 1.96. The Morgan fingerprint density at radius 3 is 2.30 bits per heavy atom. The van der Waals surface area contributed by atoms with Crippen LogP contribution < -0.4 is 5.32 Å². The molecule has 1 N–H and O–H groups in total. The first-order chi connectivity index (χ1) is 4.51. The average molecular weight is 143 g/mol.